The van der Waals surface area contributed by atoms with Crippen LogP contribution < -0.4 is 10.6 Å². The van der Waals surface area contributed by atoms with Gasteiger partial charge in [0.2, 0.25) is 5.95 Å². The molecule has 11 heteroatoms. The van der Waals surface area contributed by atoms with Gasteiger partial charge in [0.1, 0.15) is 22.4 Å². The number of fused-ring (bicyclic) bond motifs is 1. The number of thiazole rings is 2. The molecular formula is C24H27N7O2S2. The van der Waals surface area contributed by atoms with E-state index in [1.807, 2.05) is 25.3 Å². The zero-order valence-corrected chi connectivity index (χ0v) is 21.1. The average molecular weight is 510 g/mol. The Labute approximate surface area is 210 Å². The number of aliphatic hydroxyl groups is 2. The van der Waals surface area contributed by atoms with Crippen LogP contribution in [0.4, 0.5) is 11.8 Å². The topological polar surface area (TPSA) is 129 Å². The Balaban J connectivity index is 1.37. The molecule has 4 aromatic heterocycles. The van der Waals surface area contributed by atoms with Crippen LogP contribution in [-0.2, 0) is 0 Å². The predicted molar refractivity (Wildman–Crippen MR) is 138 cm³/mol. The van der Waals surface area contributed by atoms with Crippen molar-refractivity contribution < 1.29 is 10.2 Å². The van der Waals surface area contributed by atoms with Gasteiger partial charge >= 0.3 is 0 Å². The molecule has 0 spiro atoms. The molecule has 0 radical (unpaired) electrons. The Bertz CT molecular complexity index is 1360. The standard InChI is InChI=1S/C24H27N7O2S2/c1-11-17(23-30-18-12(2)25-6-5-16(18)35-23)21(31-24(28-11)27-10-13-3-4-13)29-15-9-14(19(32)20(15)33)22-26-7-8-34-22/h5-8,13-15,19-20,32-33H,3-4,9-10H2,1-2H3,(H2,27,28,29,31)/t14-,15+,19+,20-/m0/s1. The van der Waals surface area contributed by atoms with Crippen LogP contribution in [0.25, 0.3) is 20.8 Å². The number of aryl methyl sites for hydroxylation is 2. The predicted octanol–water partition coefficient (Wildman–Crippen LogP) is 3.73. The van der Waals surface area contributed by atoms with Gasteiger partial charge in [-0.15, -0.1) is 22.7 Å². The number of nitrogens with zero attached hydrogens (tertiary/aromatic N) is 5. The fourth-order valence-corrected chi connectivity index (χ4v) is 6.58. The van der Waals surface area contributed by atoms with Crippen LogP contribution in [0, 0.1) is 19.8 Å². The summed E-state index contributed by atoms with van der Waals surface area (Å²) in [6.45, 7) is 4.76. The Morgan fingerprint density at radius 3 is 2.63 bits per heavy atom. The van der Waals surface area contributed by atoms with Gasteiger partial charge in [-0.05, 0) is 45.1 Å². The maximum Gasteiger partial charge on any atom is 0.224 e. The van der Waals surface area contributed by atoms with E-state index in [9.17, 15) is 10.2 Å². The van der Waals surface area contributed by atoms with Crippen molar-refractivity contribution >= 4 is 44.7 Å². The van der Waals surface area contributed by atoms with Crippen molar-refractivity contribution in [3.63, 3.8) is 0 Å². The van der Waals surface area contributed by atoms with Gasteiger partial charge in [-0.3, -0.25) is 4.98 Å². The van der Waals surface area contributed by atoms with Crippen molar-refractivity contribution in [1.29, 1.82) is 0 Å². The van der Waals surface area contributed by atoms with Gasteiger partial charge in [0, 0.05) is 30.2 Å². The molecule has 0 aromatic carbocycles. The molecule has 35 heavy (non-hydrogen) atoms. The SMILES string of the molecule is Cc1nc(NCC2CC2)nc(N[C@@H]2C[C@H](c3nccs3)[C@@H](O)[C@H]2O)c1-c1nc2c(C)nccc2s1. The van der Waals surface area contributed by atoms with E-state index in [0.29, 0.717) is 24.1 Å². The van der Waals surface area contributed by atoms with Crippen molar-refractivity contribution in [3.8, 4) is 10.6 Å². The molecule has 0 saturated heterocycles. The van der Waals surface area contributed by atoms with Crippen LogP contribution in [0.5, 0.6) is 0 Å². The normalized spacial score (nSPS) is 24.2. The molecule has 4 aromatic rings. The monoisotopic (exact) mass is 509 g/mol. The number of pyridine rings is 1. The van der Waals surface area contributed by atoms with Gasteiger partial charge in [-0.1, -0.05) is 0 Å². The lowest BCUT2D eigenvalue weighted by Gasteiger charge is -2.21. The van der Waals surface area contributed by atoms with Crippen LogP contribution in [0.15, 0.2) is 23.8 Å². The van der Waals surface area contributed by atoms with Crippen LogP contribution in [0.3, 0.4) is 0 Å². The first-order chi connectivity index (χ1) is 17.0. The number of hydrogen-bond acceptors (Lipinski definition) is 11. The van der Waals surface area contributed by atoms with Gasteiger partial charge in [-0.2, -0.15) is 4.98 Å². The van der Waals surface area contributed by atoms with E-state index < -0.39 is 12.2 Å². The van der Waals surface area contributed by atoms with Crippen molar-refractivity contribution in [3.05, 3.63) is 40.2 Å². The third kappa shape index (κ3) is 4.37. The molecular weight excluding hydrogens is 482 g/mol. The first-order valence-corrected chi connectivity index (χ1v) is 13.5. The minimum absolute atomic E-state index is 0.225. The maximum atomic E-state index is 10.9. The average Bonchev–Trinajstić information content (AvgIpc) is 3.20. The van der Waals surface area contributed by atoms with Gasteiger partial charge in [0.25, 0.3) is 0 Å². The van der Waals surface area contributed by atoms with E-state index in [1.54, 1.807) is 23.7 Å². The molecule has 0 amide bonds. The Morgan fingerprint density at radius 1 is 1.03 bits per heavy atom. The summed E-state index contributed by atoms with van der Waals surface area (Å²) < 4.78 is 1.05. The summed E-state index contributed by atoms with van der Waals surface area (Å²) in [6.07, 6.45) is 4.70. The Kier molecular flexibility index (Phi) is 5.87. The van der Waals surface area contributed by atoms with Crippen LogP contribution in [0.1, 0.15) is 41.6 Å². The van der Waals surface area contributed by atoms with E-state index in [0.717, 1.165) is 43.7 Å². The molecule has 4 N–H and O–H groups in total. The zero-order chi connectivity index (χ0) is 24.1. The van der Waals surface area contributed by atoms with Gasteiger partial charge < -0.3 is 20.8 Å². The third-order valence-electron chi connectivity index (χ3n) is 6.81. The molecule has 2 fully saturated rings. The summed E-state index contributed by atoms with van der Waals surface area (Å²) in [5.74, 6) is 1.62. The number of nitrogens with one attached hydrogen (secondary N) is 2. The quantitative estimate of drug-likeness (QED) is 0.294. The lowest BCUT2D eigenvalue weighted by molar-refractivity contribution is 0.0311. The largest absolute Gasteiger partial charge is 0.390 e. The van der Waals surface area contributed by atoms with Crippen molar-refractivity contribution in [2.75, 3.05) is 17.2 Å². The van der Waals surface area contributed by atoms with E-state index in [-0.39, 0.29) is 12.0 Å². The Morgan fingerprint density at radius 2 is 1.89 bits per heavy atom. The fraction of sp³-hybridized carbons (Fsp3) is 0.458. The molecule has 6 rings (SSSR count). The van der Waals surface area contributed by atoms with E-state index in [1.165, 1.54) is 24.2 Å². The summed E-state index contributed by atoms with van der Waals surface area (Å²) in [5, 5.41) is 32.0. The highest BCUT2D eigenvalue weighted by atomic mass is 32.1. The van der Waals surface area contributed by atoms with Gasteiger partial charge in [-0.25, -0.2) is 15.0 Å². The molecule has 9 nitrogen and oxygen atoms in total. The maximum absolute atomic E-state index is 10.9. The highest BCUT2D eigenvalue weighted by Gasteiger charge is 2.44. The Hall–Kier alpha value is -2.73. The second kappa shape index (κ2) is 9.05. The molecule has 2 saturated carbocycles. The van der Waals surface area contributed by atoms with Crippen molar-refractivity contribution in [1.82, 2.24) is 24.9 Å². The summed E-state index contributed by atoms with van der Waals surface area (Å²) in [7, 11) is 0. The first kappa shape index (κ1) is 22.7. The summed E-state index contributed by atoms with van der Waals surface area (Å²) >= 11 is 3.07. The second-order valence-electron chi connectivity index (χ2n) is 9.39. The second-order valence-corrected chi connectivity index (χ2v) is 11.3. The van der Waals surface area contributed by atoms with Gasteiger partial charge in [0.05, 0.1) is 38.8 Å². The molecule has 2 aliphatic carbocycles. The summed E-state index contributed by atoms with van der Waals surface area (Å²) in [6, 6.07) is 1.58. The highest BCUT2D eigenvalue weighted by molar-refractivity contribution is 7.21. The molecule has 0 aliphatic heterocycles. The third-order valence-corrected chi connectivity index (χ3v) is 8.76. The number of rotatable bonds is 7. The van der Waals surface area contributed by atoms with Crippen LogP contribution in [-0.4, -0.2) is 59.9 Å². The fourth-order valence-electron chi connectivity index (χ4n) is 4.67. The molecule has 4 heterocycles. The number of aliphatic hydroxyl groups excluding tert-OH is 2. The molecule has 182 valence electrons. The number of anilines is 2. The van der Waals surface area contributed by atoms with Crippen LogP contribution in [0.2, 0.25) is 0 Å². The van der Waals surface area contributed by atoms with Crippen LogP contribution >= 0.6 is 22.7 Å². The molecule has 2 aliphatic rings. The smallest absolute Gasteiger partial charge is 0.224 e. The number of aromatic nitrogens is 5. The first-order valence-electron chi connectivity index (χ1n) is 11.8. The minimum Gasteiger partial charge on any atom is -0.390 e. The van der Waals surface area contributed by atoms with E-state index >= 15 is 0 Å². The molecule has 0 bridgehead atoms. The molecule has 4 atom stereocenters. The highest BCUT2D eigenvalue weighted by Crippen LogP contribution is 2.41. The number of hydrogen-bond donors (Lipinski definition) is 4. The van der Waals surface area contributed by atoms with E-state index in [2.05, 4.69) is 20.6 Å². The lowest BCUT2D eigenvalue weighted by Crippen LogP contribution is -2.35. The lowest BCUT2D eigenvalue weighted by atomic mass is 10.1. The van der Waals surface area contributed by atoms with Crippen molar-refractivity contribution in [2.45, 2.75) is 57.3 Å². The molecule has 0 unspecified atom stereocenters. The van der Waals surface area contributed by atoms with Gasteiger partial charge in [0.15, 0.2) is 0 Å². The minimum atomic E-state index is -0.947. The van der Waals surface area contributed by atoms with E-state index in [4.69, 9.17) is 15.0 Å². The zero-order valence-electron chi connectivity index (χ0n) is 19.5. The van der Waals surface area contributed by atoms with Crippen molar-refractivity contribution in [2.24, 2.45) is 5.92 Å². The summed E-state index contributed by atoms with van der Waals surface area (Å²) in [4.78, 5) is 23.2. The summed E-state index contributed by atoms with van der Waals surface area (Å²) in [5.41, 5.74) is 3.35.